The normalized spacial score (nSPS) is 16.0. The Morgan fingerprint density at radius 1 is 1.21 bits per heavy atom. The number of carbonyl (C=O) groups excluding carboxylic acids is 2. The summed E-state index contributed by atoms with van der Waals surface area (Å²) in [4.78, 5) is 24.2. The fourth-order valence-corrected chi connectivity index (χ4v) is 3.29. The highest BCUT2D eigenvalue weighted by Gasteiger charge is 2.31. The Labute approximate surface area is 149 Å². The van der Waals surface area contributed by atoms with Gasteiger partial charge in [0.25, 0.3) is 5.91 Å². The summed E-state index contributed by atoms with van der Waals surface area (Å²) in [6.07, 6.45) is 0.409. The number of halogens is 2. The predicted molar refractivity (Wildman–Crippen MR) is 94.4 cm³/mol. The monoisotopic (exact) mass is 363 g/mol. The molecule has 6 heteroatoms. The van der Waals surface area contributed by atoms with Crippen LogP contribution in [0.3, 0.4) is 0 Å². The van der Waals surface area contributed by atoms with Gasteiger partial charge in [-0.1, -0.05) is 30.1 Å². The lowest BCUT2D eigenvalue weighted by molar-refractivity contribution is -0.118. The molecule has 0 aliphatic heterocycles. The third-order valence-electron chi connectivity index (χ3n) is 3.90. The summed E-state index contributed by atoms with van der Waals surface area (Å²) in [6, 6.07) is 10.1. The molecule has 0 radical (unpaired) electrons. The number of hydrogen-bond donors (Lipinski definition) is 1. The van der Waals surface area contributed by atoms with E-state index in [0.29, 0.717) is 33.5 Å². The number of carbonyl (C=O) groups is 2. The largest absolute Gasteiger partial charge is 0.483 e. The van der Waals surface area contributed by atoms with Crippen molar-refractivity contribution in [3.05, 3.63) is 57.6 Å². The third-order valence-corrected chi connectivity index (χ3v) is 4.49. The topological polar surface area (TPSA) is 55.4 Å². The molecule has 0 aromatic heterocycles. The van der Waals surface area contributed by atoms with E-state index in [1.807, 2.05) is 6.92 Å². The molecule has 2 aromatic carbocycles. The van der Waals surface area contributed by atoms with E-state index in [0.717, 1.165) is 5.56 Å². The van der Waals surface area contributed by atoms with Gasteiger partial charge in [-0.05, 0) is 47.9 Å². The SMILES string of the molecule is C[C@@H]1CC(=O)c2c(OCC(=O)Nc3ccc(Cl)cc3)ccc(Cl)c21. The van der Waals surface area contributed by atoms with Crippen LogP contribution in [0.4, 0.5) is 5.69 Å². The number of fused-ring (bicyclic) bond motifs is 1. The average molecular weight is 364 g/mol. The van der Waals surface area contributed by atoms with Gasteiger partial charge < -0.3 is 10.1 Å². The van der Waals surface area contributed by atoms with Crippen LogP contribution in [0.2, 0.25) is 10.0 Å². The highest BCUT2D eigenvalue weighted by molar-refractivity contribution is 6.32. The van der Waals surface area contributed by atoms with Crippen LogP contribution in [0.15, 0.2) is 36.4 Å². The van der Waals surface area contributed by atoms with Crippen molar-refractivity contribution in [2.24, 2.45) is 0 Å². The maximum absolute atomic E-state index is 12.2. The molecule has 2 aromatic rings. The summed E-state index contributed by atoms with van der Waals surface area (Å²) in [5, 5.41) is 3.85. The molecule has 0 unspecified atom stereocenters. The number of ether oxygens (including phenoxy) is 1. The maximum atomic E-state index is 12.2. The fraction of sp³-hybridized carbons (Fsp3) is 0.222. The highest BCUT2D eigenvalue weighted by atomic mass is 35.5. The van der Waals surface area contributed by atoms with Gasteiger partial charge in [-0.3, -0.25) is 9.59 Å². The first-order valence-electron chi connectivity index (χ1n) is 7.49. The van der Waals surface area contributed by atoms with Gasteiger partial charge in [0.1, 0.15) is 5.75 Å². The maximum Gasteiger partial charge on any atom is 0.262 e. The number of nitrogens with one attached hydrogen (secondary N) is 1. The van der Waals surface area contributed by atoms with Gasteiger partial charge >= 0.3 is 0 Å². The molecule has 4 nitrogen and oxygen atoms in total. The minimum absolute atomic E-state index is 0.00638. The zero-order valence-corrected chi connectivity index (χ0v) is 14.4. The van der Waals surface area contributed by atoms with Crippen molar-refractivity contribution < 1.29 is 14.3 Å². The van der Waals surface area contributed by atoms with Crippen LogP contribution < -0.4 is 10.1 Å². The number of anilines is 1. The van der Waals surface area contributed by atoms with Crippen molar-refractivity contribution >= 4 is 40.6 Å². The summed E-state index contributed by atoms with van der Waals surface area (Å²) in [6.45, 7) is 1.75. The molecular formula is C18H15Cl2NO3. The molecule has 0 fully saturated rings. The molecular weight excluding hydrogens is 349 g/mol. The van der Waals surface area contributed by atoms with Crippen LogP contribution in [-0.2, 0) is 4.79 Å². The van der Waals surface area contributed by atoms with Crippen LogP contribution in [0.25, 0.3) is 0 Å². The van der Waals surface area contributed by atoms with Gasteiger partial charge in [0.15, 0.2) is 12.4 Å². The Morgan fingerprint density at radius 2 is 1.92 bits per heavy atom. The molecule has 24 heavy (non-hydrogen) atoms. The molecule has 1 aliphatic rings. The molecule has 3 rings (SSSR count). The molecule has 124 valence electrons. The fourth-order valence-electron chi connectivity index (χ4n) is 2.82. The smallest absolute Gasteiger partial charge is 0.262 e. The zero-order valence-electron chi connectivity index (χ0n) is 12.9. The van der Waals surface area contributed by atoms with Gasteiger partial charge in [0, 0.05) is 22.2 Å². The van der Waals surface area contributed by atoms with E-state index in [9.17, 15) is 9.59 Å². The van der Waals surface area contributed by atoms with Crippen molar-refractivity contribution in [1.82, 2.24) is 0 Å². The predicted octanol–water partition coefficient (Wildman–Crippen LogP) is 4.70. The Balaban J connectivity index is 1.70. The Kier molecular flexibility index (Phi) is 4.78. The Hall–Kier alpha value is -2.04. The molecule has 1 aliphatic carbocycles. The van der Waals surface area contributed by atoms with Gasteiger partial charge in [-0.25, -0.2) is 0 Å². The summed E-state index contributed by atoms with van der Waals surface area (Å²) in [5.74, 6) is 0.133. The molecule has 1 N–H and O–H groups in total. The second kappa shape index (κ2) is 6.83. The molecule has 0 saturated heterocycles. The van der Waals surface area contributed by atoms with E-state index in [-0.39, 0.29) is 24.2 Å². The van der Waals surface area contributed by atoms with E-state index in [2.05, 4.69) is 5.32 Å². The van der Waals surface area contributed by atoms with Gasteiger partial charge in [-0.2, -0.15) is 0 Å². The Morgan fingerprint density at radius 3 is 2.62 bits per heavy atom. The molecule has 1 atom stereocenters. The van der Waals surface area contributed by atoms with Crippen LogP contribution in [0, 0.1) is 0 Å². The lowest BCUT2D eigenvalue weighted by Gasteiger charge is -2.12. The second-order valence-corrected chi connectivity index (χ2v) is 6.55. The molecule has 1 amide bonds. The van der Waals surface area contributed by atoms with Crippen LogP contribution in [-0.4, -0.2) is 18.3 Å². The number of benzene rings is 2. The zero-order chi connectivity index (χ0) is 17.3. The first-order chi connectivity index (χ1) is 11.5. The molecule has 0 saturated carbocycles. The first kappa shape index (κ1) is 16.8. The van der Waals surface area contributed by atoms with E-state index in [4.69, 9.17) is 27.9 Å². The standard InChI is InChI=1S/C18H15Cl2NO3/c1-10-8-14(22)18-15(7-6-13(20)17(10)18)24-9-16(23)21-12-4-2-11(19)3-5-12/h2-7,10H,8-9H2,1H3,(H,21,23)/t10-/m1/s1. The van der Waals surface area contributed by atoms with Crippen molar-refractivity contribution in [3.63, 3.8) is 0 Å². The molecule has 0 bridgehead atoms. The number of hydrogen-bond acceptors (Lipinski definition) is 3. The van der Waals surface area contributed by atoms with Gasteiger partial charge in [-0.15, -0.1) is 0 Å². The summed E-state index contributed by atoms with van der Waals surface area (Å²) < 4.78 is 5.56. The van der Waals surface area contributed by atoms with Crippen molar-refractivity contribution in [1.29, 1.82) is 0 Å². The number of ketones is 1. The van der Waals surface area contributed by atoms with Gasteiger partial charge in [0.2, 0.25) is 0 Å². The van der Waals surface area contributed by atoms with Crippen molar-refractivity contribution in [2.75, 3.05) is 11.9 Å². The summed E-state index contributed by atoms with van der Waals surface area (Å²) >= 11 is 12.0. The number of Topliss-reactive ketones (excluding diaryl/α,β-unsaturated/α-hetero) is 1. The summed E-state index contributed by atoms with van der Waals surface area (Å²) in [5.41, 5.74) is 1.92. The van der Waals surface area contributed by atoms with Crippen LogP contribution in [0.5, 0.6) is 5.75 Å². The minimum Gasteiger partial charge on any atom is -0.483 e. The number of amides is 1. The van der Waals surface area contributed by atoms with Crippen molar-refractivity contribution in [2.45, 2.75) is 19.3 Å². The van der Waals surface area contributed by atoms with Crippen LogP contribution >= 0.6 is 23.2 Å². The minimum atomic E-state index is -0.320. The molecule has 0 spiro atoms. The number of rotatable bonds is 4. The van der Waals surface area contributed by atoms with Crippen molar-refractivity contribution in [3.8, 4) is 5.75 Å². The first-order valence-corrected chi connectivity index (χ1v) is 8.25. The van der Waals surface area contributed by atoms with E-state index < -0.39 is 0 Å². The Bertz CT molecular complexity index is 803. The van der Waals surface area contributed by atoms with E-state index in [1.54, 1.807) is 36.4 Å². The van der Waals surface area contributed by atoms with E-state index in [1.165, 1.54) is 0 Å². The summed E-state index contributed by atoms with van der Waals surface area (Å²) in [7, 11) is 0. The van der Waals surface area contributed by atoms with Crippen LogP contribution in [0.1, 0.15) is 35.2 Å². The average Bonchev–Trinajstić information content (AvgIpc) is 2.85. The second-order valence-electron chi connectivity index (χ2n) is 5.71. The molecule has 0 heterocycles. The van der Waals surface area contributed by atoms with E-state index >= 15 is 0 Å². The lowest BCUT2D eigenvalue weighted by Crippen LogP contribution is -2.20. The highest BCUT2D eigenvalue weighted by Crippen LogP contribution is 2.42. The van der Waals surface area contributed by atoms with Gasteiger partial charge in [0.05, 0.1) is 5.56 Å². The lowest BCUT2D eigenvalue weighted by atomic mass is 10.0. The third kappa shape index (κ3) is 3.40. The quantitative estimate of drug-likeness (QED) is 0.856.